The van der Waals surface area contributed by atoms with E-state index in [0.717, 1.165) is 30.8 Å². The van der Waals surface area contributed by atoms with E-state index in [1.54, 1.807) is 0 Å². The fourth-order valence-electron chi connectivity index (χ4n) is 3.31. The molecule has 1 aliphatic rings. The maximum Gasteiger partial charge on any atom is 0.311 e. The van der Waals surface area contributed by atoms with Crippen LogP contribution >= 0.6 is 0 Å². The first-order valence-corrected chi connectivity index (χ1v) is 8.24. The maximum atomic E-state index is 11.4. The highest BCUT2D eigenvalue weighted by Crippen LogP contribution is 2.36. The van der Waals surface area contributed by atoms with Gasteiger partial charge in [0, 0.05) is 18.8 Å². The quantitative estimate of drug-likeness (QED) is 0.814. The molecule has 21 heavy (non-hydrogen) atoms. The molecule has 0 aromatic heterocycles. The number of benzene rings is 1. The van der Waals surface area contributed by atoms with Gasteiger partial charge in [-0.25, -0.2) is 0 Å². The lowest BCUT2D eigenvalue weighted by Crippen LogP contribution is -2.36. The van der Waals surface area contributed by atoms with E-state index >= 15 is 0 Å². The number of aliphatic carboxylic acids is 1. The Bertz CT molecular complexity index is 472. The number of fused-ring (bicyclic) bond motifs is 1. The van der Waals surface area contributed by atoms with Gasteiger partial charge in [0.05, 0.1) is 5.92 Å². The van der Waals surface area contributed by atoms with Crippen LogP contribution in [0, 0.1) is 5.92 Å². The SMILES string of the molecule is CCCCC(CC)CN1CCC(C(=O)O)c2ccccc21. The fourth-order valence-corrected chi connectivity index (χ4v) is 3.31. The summed E-state index contributed by atoms with van der Waals surface area (Å²) < 4.78 is 0. The highest BCUT2D eigenvalue weighted by atomic mass is 16.4. The van der Waals surface area contributed by atoms with Crippen LogP contribution in [0.3, 0.4) is 0 Å². The highest BCUT2D eigenvalue weighted by molar-refractivity contribution is 5.80. The summed E-state index contributed by atoms with van der Waals surface area (Å²) in [6.45, 7) is 6.41. The largest absolute Gasteiger partial charge is 0.481 e. The number of anilines is 1. The predicted octanol–water partition coefficient (Wildman–Crippen LogP) is 4.28. The topological polar surface area (TPSA) is 40.5 Å². The van der Waals surface area contributed by atoms with Gasteiger partial charge in [-0.05, 0) is 30.4 Å². The first-order chi connectivity index (χ1) is 10.2. The summed E-state index contributed by atoms with van der Waals surface area (Å²) in [5.74, 6) is -0.326. The Morgan fingerprint density at radius 3 is 2.81 bits per heavy atom. The van der Waals surface area contributed by atoms with Gasteiger partial charge < -0.3 is 10.0 Å². The summed E-state index contributed by atoms with van der Waals surface area (Å²) in [4.78, 5) is 13.8. The molecule has 0 radical (unpaired) electrons. The van der Waals surface area contributed by atoms with Crippen LogP contribution in [-0.2, 0) is 4.79 Å². The molecule has 0 spiro atoms. The smallest absolute Gasteiger partial charge is 0.311 e. The molecule has 116 valence electrons. The Hall–Kier alpha value is -1.51. The molecule has 3 nitrogen and oxygen atoms in total. The lowest BCUT2D eigenvalue weighted by atomic mass is 9.88. The van der Waals surface area contributed by atoms with Crippen LogP contribution in [0.4, 0.5) is 5.69 Å². The predicted molar refractivity (Wildman–Crippen MR) is 87.0 cm³/mol. The number of unbranched alkanes of at least 4 members (excludes halogenated alkanes) is 1. The second kappa shape index (κ2) is 7.48. The van der Waals surface area contributed by atoms with Crippen molar-refractivity contribution < 1.29 is 9.90 Å². The van der Waals surface area contributed by atoms with Crippen LogP contribution in [0.1, 0.15) is 57.4 Å². The molecule has 0 bridgehead atoms. The third-order valence-electron chi connectivity index (χ3n) is 4.66. The van der Waals surface area contributed by atoms with E-state index in [-0.39, 0.29) is 5.92 Å². The average molecular weight is 289 g/mol. The lowest BCUT2D eigenvalue weighted by molar-refractivity contribution is -0.139. The van der Waals surface area contributed by atoms with E-state index in [2.05, 4.69) is 24.8 Å². The van der Waals surface area contributed by atoms with Crippen LogP contribution in [-0.4, -0.2) is 24.2 Å². The molecule has 2 rings (SSSR count). The molecule has 1 aromatic rings. The van der Waals surface area contributed by atoms with Crippen LogP contribution in [0.5, 0.6) is 0 Å². The number of para-hydroxylation sites is 1. The number of hydrogen-bond acceptors (Lipinski definition) is 2. The maximum absolute atomic E-state index is 11.4. The van der Waals surface area contributed by atoms with Gasteiger partial charge in [0.1, 0.15) is 0 Å². The Morgan fingerprint density at radius 2 is 2.14 bits per heavy atom. The van der Waals surface area contributed by atoms with E-state index in [0.29, 0.717) is 5.92 Å². The van der Waals surface area contributed by atoms with E-state index in [1.165, 1.54) is 25.7 Å². The Kier molecular flexibility index (Phi) is 5.66. The summed E-state index contributed by atoms with van der Waals surface area (Å²) in [7, 11) is 0. The van der Waals surface area contributed by atoms with Gasteiger partial charge in [0.2, 0.25) is 0 Å². The number of carboxylic acid groups (broad SMARTS) is 1. The zero-order valence-corrected chi connectivity index (χ0v) is 13.2. The zero-order valence-electron chi connectivity index (χ0n) is 13.2. The monoisotopic (exact) mass is 289 g/mol. The molecule has 1 aromatic carbocycles. The summed E-state index contributed by atoms with van der Waals surface area (Å²) in [6, 6.07) is 8.03. The van der Waals surface area contributed by atoms with Gasteiger partial charge in [-0.2, -0.15) is 0 Å². The molecule has 2 atom stereocenters. The minimum absolute atomic E-state index is 0.340. The van der Waals surface area contributed by atoms with Gasteiger partial charge in [-0.1, -0.05) is 51.3 Å². The van der Waals surface area contributed by atoms with Crippen LogP contribution in [0.2, 0.25) is 0 Å². The third-order valence-corrected chi connectivity index (χ3v) is 4.66. The van der Waals surface area contributed by atoms with E-state index in [4.69, 9.17) is 0 Å². The molecule has 0 fully saturated rings. The molecular formula is C18H27NO2. The highest BCUT2D eigenvalue weighted by Gasteiger charge is 2.30. The van der Waals surface area contributed by atoms with Gasteiger partial charge in [0.15, 0.2) is 0 Å². The number of carboxylic acids is 1. The number of hydrogen-bond donors (Lipinski definition) is 1. The van der Waals surface area contributed by atoms with Crippen LogP contribution in [0.25, 0.3) is 0 Å². The van der Waals surface area contributed by atoms with Gasteiger partial charge >= 0.3 is 5.97 Å². The summed E-state index contributed by atoms with van der Waals surface area (Å²) in [5.41, 5.74) is 2.12. The second-order valence-corrected chi connectivity index (χ2v) is 6.10. The van der Waals surface area contributed by atoms with Crippen molar-refractivity contribution in [3.8, 4) is 0 Å². The van der Waals surface area contributed by atoms with E-state index in [1.807, 2.05) is 18.2 Å². The Balaban J connectivity index is 2.14. The van der Waals surface area contributed by atoms with Crippen molar-refractivity contribution in [1.29, 1.82) is 0 Å². The molecule has 1 heterocycles. The van der Waals surface area contributed by atoms with Crippen LogP contribution in [0.15, 0.2) is 24.3 Å². The molecule has 1 N–H and O–H groups in total. The molecule has 0 saturated carbocycles. The summed E-state index contributed by atoms with van der Waals surface area (Å²) in [6.07, 6.45) is 5.71. The van der Waals surface area contributed by atoms with Gasteiger partial charge in [-0.3, -0.25) is 4.79 Å². The number of carbonyl (C=O) groups is 1. The standard InChI is InChI=1S/C18H27NO2/c1-3-5-8-14(4-2)13-19-12-11-16(18(20)21)15-9-6-7-10-17(15)19/h6-7,9-10,14,16H,3-5,8,11-13H2,1-2H3,(H,20,21). The van der Waals surface area contributed by atoms with Crippen molar-refractivity contribution in [3.63, 3.8) is 0 Å². The molecule has 1 aliphatic heterocycles. The third kappa shape index (κ3) is 3.78. The number of nitrogens with zero attached hydrogens (tertiary/aromatic N) is 1. The summed E-state index contributed by atoms with van der Waals surface area (Å²) >= 11 is 0. The van der Waals surface area contributed by atoms with Gasteiger partial charge in [0.25, 0.3) is 0 Å². The van der Waals surface area contributed by atoms with Crippen LogP contribution < -0.4 is 4.90 Å². The number of rotatable bonds is 7. The first-order valence-electron chi connectivity index (χ1n) is 8.24. The van der Waals surface area contributed by atoms with Crippen molar-refractivity contribution in [1.82, 2.24) is 0 Å². The average Bonchev–Trinajstić information content (AvgIpc) is 2.51. The summed E-state index contributed by atoms with van der Waals surface area (Å²) in [5, 5.41) is 9.40. The molecule has 3 heteroatoms. The van der Waals surface area contributed by atoms with Crippen molar-refractivity contribution in [2.75, 3.05) is 18.0 Å². The van der Waals surface area contributed by atoms with Crippen molar-refractivity contribution in [3.05, 3.63) is 29.8 Å². The van der Waals surface area contributed by atoms with Gasteiger partial charge in [-0.15, -0.1) is 0 Å². The van der Waals surface area contributed by atoms with Crippen molar-refractivity contribution in [2.24, 2.45) is 5.92 Å². The molecular weight excluding hydrogens is 262 g/mol. The molecule has 2 unspecified atom stereocenters. The zero-order chi connectivity index (χ0) is 15.2. The lowest BCUT2D eigenvalue weighted by Gasteiger charge is -2.36. The van der Waals surface area contributed by atoms with Crippen molar-refractivity contribution >= 4 is 11.7 Å². The Labute approximate surface area is 128 Å². The minimum atomic E-state index is -0.694. The van der Waals surface area contributed by atoms with Crippen molar-refractivity contribution in [2.45, 2.75) is 51.9 Å². The minimum Gasteiger partial charge on any atom is -0.481 e. The second-order valence-electron chi connectivity index (χ2n) is 6.10. The molecule has 0 amide bonds. The van der Waals surface area contributed by atoms with E-state index < -0.39 is 5.97 Å². The normalized spacial score (nSPS) is 19.1. The Morgan fingerprint density at radius 1 is 1.38 bits per heavy atom. The van der Waals surface area contributed by atoms with E-state index in [9.17, 15) is 9.90 Å². The molecule has 0 saturated heterocycles. The first kappa shape index (κ1) is 15.9. The molecule has 0 aliphatic carbocycles. The fraction of sp³-hybridized carbons (Fsp3) is 0.611.